The van der Waals surface area contributed by atoms with Crippen LogP contribution in [0.5, 0.6) is 0 Å². The van der Waals surface area contributed by atoms with Crippen LogP contribution in [0, 0.1) is 0 Å². The molecule has 4 rings (SSSR count). The monoisotopic (exact) mass is 374 g/mol. The van der Waals surface area contributed by atoms with Gasteiger partial charge in [0.2, 0.25) is 5.91 Å². The predicted octanol–water partition coefficient (Wildman–Crippen LogP) is 2.24. The van der Waals surface area contributed by atoms with Crippen LogP contribution in [0.3, 0.4) is 0 Å². The van der Waals surface area contributed by atoms with Gasteiger partial charge in [-0.2, -0.15) is 5.10 Å². The van der Waals surface area contributed by atoms with Gasteiger partial charge in [0, 0.05) is 16.1 Å². The second kappa shape index (κ2) is 5.49. The quantitative estimate of drug-likeness (QED) is 0.895. The predicted molar refractivity (Wildman–Crippen MR) is 87.5 cm³/mol. The molecule has 6 nitrogen and oxygen atoms in total. The fraction of sp³-hybridized carbons (Fsp3) is 0.312. The fourth-order valence-electron chi connectivity index (χ4n) is 2.78. The number of benzene rings is 1. The van der Waals surface area contributed by atoms with E-state index in [2.05, 4.69) is 26.1 Å². The highest BCUT2D eigenvalue weighted by molar-refractivity contribution is 9.10. The number of nitrogens with one attached hydrogen (secondary N) is 1. The van der Waals surface area contributed by atoms with Gasteiger partial charge in [-0.15, -0.1) is 0 Å². The minimum atomic E-state index is -0.183. The summed E-state index contributed by atoms with van der Waals surface area (Å²) in [6, 6.07) is 9.79. The van der Waals surface area contributed by atoms with Crippen molar-refractivity contribution in [3.05, 3.63) is 40.5 Å². The smallest absolute Gasteiger partial charge is 0.273 e. The first kappa shape index (κ1) is 14.4. The van der Waals surface area contributed by atoms with E-state index < -0.39 is 0 Å². The van der Waals surface area contributed by atoms with Crippen LogP contribution in [0.25, 0.3) is 11.3 Å². The Labute approximate surface area is 141 Å². The zero-order valence-corrected chi connectivity index (χ0v) is 13.9. The molecule has 1 aromatic carbocycles. The minimum Gasteiger partial charge on any atom is -0.320 e. The number of hydrogen-bond donors (Lipinski definition) is 1. The molecule has 1 saturated carbocycles. The number of nitrogens with zero attached hydrogens (tertiary/aromatic N) is 3. The van der Waals surface area contributed by atoms with Gasteiger partial charge in [0.15, 0.2) is 0 Å². The van der Waals surface area contributed by atoms with E-state index in [0.717, 1.165) is 22.9 Å². The van der Waals surface area contributed by atoms with Crippen molar-refractivity contribution in [2.75, 3.05) is 13.2 Å². The summed E-state index contributed by atoms with van der Waals surface area (Å²) < 4.78 is 0.990. The normalized spacial score (nSPS) is 17.9. The standard InChI is InChI=1S/C16H15BrN4O2/c17-11-3-1-10(2-4-11)13-7-14(19-18-13)16(23)20-8-15(22)21(9-20)12-5-6-12/h1-4,7,12H,5-6,8-9H2,(H,18,19). The third-order valence-corrected chi connectivity index (χ3v) is 4.72. The Hall–Kier alpha value is -2.15. The summed E-state index contributed by atoms with van der Waals surface area (Å²) in [7, 11) is 0. The van der Waals surface area contributed by atoms with Crippen LogP contribution in [0.15, 0.2) is 34.8 Å². The van der Waals surface area contributed by atoms with Crippen LogP contribution in [0.4, 0.5) is 0 Å². The number of hydrogen-bond acceptors (Lipinski definition) is 3. The average molecular weight is 375 g/mol. The Morgan fingerprint density at radius 3 is 2.70 bits per heavy atom. The molecule has 118 valence electrons. The number of carbonyl (C=O) groups is 2. The van der Waals surface area contributed by atoms with Crippen molar-refractivity contribution in [1.29, 1.82) is 0 Å². The number of aromatic nitrogens is 2. The topological polar surface area (TPSA) is 69.3 Å². The van der Waals surface area contributed by atoms with Crippen LogP contribution in [0.1, 0.15) is 23.3 Å². The number of halogens is 1. The summed E-state index contributed by atoms with van der Waals surface area (Å²) in [6.45, 7) is 0.539. The highest BCUT2D eigenvalue weighted by atomic mass is 79.9. The highest BCUT2D eigenvalue weighted by Gasteiger charge is 2.40. The molecule has 2 heterocycles. The molecular weight excluding hydrogens is 360 g/mol. The third-order valence-electron chi connectivity index (χ3n) is 4.19. The van der Waals surface area contributed by atoms with Crippen molar-refractivity contribution in [3.8, 4) is 11.3 Å². The van der Waals surface area contributed by atoms with Crippen molar-refractivity contribution in [1.82, 2.24) is 20.0 Å². The van der Waals surface area contributed by atoms with Gasteiger partial charge in [0.1, 0.15) is 12.2 Å². The first-order chi connectivity index (χ1) is 11.1. The Bertz CT molecular complexity index is 767. The summed E-state index contributed by atoms with van der Waals surface area (Å²) in [5.41, 5.74) is 2.05. The Balaban J connectivity index is 1.51. The molecular formula is C16H15BrN4O2. The minimum absolute atomic E-state index is 0.0356. The van der Waals surface area contributed by atoms with Gasteiger partial charge in [0.05, 0.1) is 12.4 Å². The largest absolute Gasteiger partial charge is 0.320 e. The van der Waals surface area contributed by atoms with E-state index in [4.69, 9.17) is 0 Å². The van der Waals surface area contributed by atoms with Crippen molar-refractivity contribution < 1.29 is 9.59 Å². The molecule has 1 aliphatic carbocycles. The average Bonchev–Trinajstić information content (AvgIpc) is 3.13. The molecule has 1 N–H and O–H groups in total. The Kier molecular flexibility index (Phi) is 3.45. The van der Waals surface area contributed by atoms with Gasteiger partial charge in [-0.1, -0.05) is 28.1 Å². The van der Waals surface area contributed by atoms with Crippen LogP contribution >= 0.6 is 15.9 Å². The van der Waals surface area contributed by atoms with Gasteiger partial charge < -0.3 is 9.80 Å². The molecule has 1 aromatic heterocycles. The molecule has 2 fully saturated rings. The number of aromatic amines is 1. The molecule has 0 bridgehead atoms. The molecule has 7 heteroatoms. The summed E-state index contributed by atoms with van der Waals surface area (Å²) in [5.74, 6) is -0.147. The number of carbonyl (C=O) groups excluding carboxylic acids is 2. The third kappa shape index (κ3) is 2.76. The molecule has 0 atom stereocenters. The number of rotatable bonds is 3. The van der Waals surface area contributed by atoms with E-state index in [-0.39, 0.29) is 18.4 Å². The van der Waals surface area contributed by atoms with Gasteiger partial charge in [-0.3, -0.25) is 14.7 Å². The van der Waals surface area contributed by atoms with E-state index in [1.165, 1.54) is 0 Å². The van der Waals surface area contributed by atoms with E-state index >= 15 is 0 Å². The van der Waals surface area contributed by atoms with Crippen molar-refractivity contribution in [3.63, 3.8) is 0 Å². The Morgan fingerprint density at radius 2 is 2.00 bits per heavy atom. The molecule has 1 saturated heterocycles. The van der Waals surface area contributed by atoms with Gasteiger partial charge >= 0.3 is 0 Å². The first-order valence-corrected chi connectivity index (χ1v) is 8.31. The molecule has 1 aliphatic heterocycles. The molecule has 2 amide bonds. The van der Waals surface area contributed by atoms with E-state index in [0.29, 0.717) is 24.1 Å². The molecule has 0 spiro atoms. The van der Waals surface area contributed by atoms with Crippen molar-refractivity contribution in [2.24, 2.45) is 0 Å². The van der Waals surface area contributed by atoms with Gasteiger partial charge in [-0.05, 0) is 31.0 Å². The van der Waals surface area contributed by atoms with Gasteiger partial charge in [0.25, 0.3) is 5.91 Å². The van der Waals surface area contributed by atoms with Crippen LogP contribution < -0.4 is 0 Å². The molecule has 2 aromatic rings. The maximum Gasteiger partial charge on any atom is 0.273 e. The first-order valence-electron chi connectivity index (χ1n) is 7.52. The lowest BCUT2D eigenvalue weighted by molar-refractivity contribution is -0.127. The van der Waals surface area contributed by atoms with Crippen molar-refractivity contribution >= 4 is 27.7 Å². The molecule has 0 radical (unpaired) electrons. The second-order valence-electron chi connectivity index (χ2n) is 5.91. The van der Waals surface area contributed by atoms with Crippen molar-refractivity contribution in [2.45, 2.75) is 18.9 Å². The van der Waals surface area contributed by atoms with Crippen LogP contribution in [-0.4, -0.2) is 51.1 Å². The summed E-state index contributed by atoms with van der Waals surface area (Å²) in [6.07, 6.45) is 2.09. The summed E-state index contributed by atoms with van der Waals surface area (Å²) in [4.78, 5) is 27.9. The number of amides is 2. The van der Waals surface area contributed by atoms with E-state index in [1.54, 1.807) is 15.9 Å². The van der Waals surface area contributed by atoms with Crippen LogP contribution in [-0.2, 0) is 4.79 Å². The van der Waals surface area contributed by atoms with E-state index in [9.17, 15) is 9.59 Å². The fourth-order valence-corrected chi connectivity index (χ4v) is 3.04. The second-order valence-corrected chi connectivity index (χ2v) is 6.83. The molecule has 0 unspecified atom stereocenters. The molecule has 23 heavy (non-hydrogen) atoms. The lowest BCUT2D eigenvalue weighted by atomic mass is 10.1. The van der Waals surface area contributed by atoms with E-state index in [1.807, 2.05) is 24.3 Å². The Morgan fingerprint density at radius 1 is 1.26 bits per heavy atom. The summed E-state index contributed by atoms with van der Waals surface area (Å²) >= 11 is 3.39. The zero-order valence-electron chi connectivity index (χ0n) is 12.3. The lowest BCUT2D eigenvalue weighted by Crippen LogP contribution is -2.32. The van der Waals surface area contributed by atoms with Gasteiger partial charge in [-0.25, -0.2) is 0 Å². The highest BCUT2D eigenvalue weighted by Crippen LogP contribution is 2.30. The maximum absolute atomic E-state index is 12.5. The lowest BCUT2D eigenvalue weighted by Gasteiger charge is -2.16. The maximum atomic E-state index is 12.5. The number of H-pyrrole nitrogens is 1. The van der Waals surface area contributed by atoms with Crippen LogP contribution in [0.2, 0.25) is 0 Å². The summed E-state index contributed by atoms with van der Waals surface area (Å²) in [5, 5.41) is 7.00. The zero-order chi connectivity index (χ0) is 16.0. The SMILES string of the molecule is O=C(c1cc(-c2ccc(Br)cc2)n[nH]1)N1CC(=O)N(C2CC2)C1. The molecule has 2 aliphatic rings.